The Morgan fingerprint density at radius 1 is 1.40 bits per heavy atom. The third-order valence-electron chi connectivity index (χ3n) is 3.49. The Morgan fingerprint density at radius 2 is 2.10 bits per heavy atom. The smallest absolute Gasteiger partial charge is 0.368 e. The number of alkyl halides is 3. The Kier molecular flexibility index (Phi) is 4.34. The number of halogens is 3. The van der Waals surface area contributed by atoms with E-state index in [9.17, 15) is 13.2 Å². The van der Waals surface area contributed by atoms with Crippen LogP contribution in [0.4, 0.5) is 24.8 Å². The zero-order valence-corrected chi connectivity index (χ0v) is 11.2. The molecule has 1 unspecified atom stereocenters. The van der Waals surface area contributed by atoms with Crippen LogP contribution in [0.3, 0.4) is 0 Å². The molecule has 1 saturated heterocycles. The summed E-state index contributed by atoms with van der Waals surface area (Å²) in [4.78, 5) is 6.17. The molecule has 1 fully saturated rings. The van der Waals surface area contributed by atoms with Crippen LogP contribution < -0.4 is 16.6 Å². The molecular weight excluding hydrogens is 271 g/mol. The molecule has 0 bridgehead atoms. The molecule has 0 spiro atoms. The van der Waals surface area contributed by atoms with E-state index in [1.165, 1.54) is 0 Å². The second-order valence-corrected chi connectivity index (χ2v) is 4.93. The Hall–Kier alpha value is -1.54. The summed E-state index contributed by atoms with van der Waals surface area (Å²) in [5.41, 5.74) is 1.38. The number of hydrogen-bond acceptors (Lipinski definition) is 5. The van der Waals surface area contributed by atoms with Gasteiger partial charge in [0.05, 0.1) is 5.56 Å². The van der Waals surface area contributed by atoms with Crippen molar-refractivity contribution in [1.82, 2.24) is 9.88 Å². The number of hydrogen-bond donors (Lipinski definition) is 3. The summed E-state index contributed by atoms with van der Waals surface area (Å²) in [6, 6.07) is 2.20. The number of likely N-dealkylation sites (N-methyl/N-ethyl adjacent to an activating group) is 1. The van der Waals surface area contributed by atoms with Gasteiger partial charge in [-0.3, -0.25) is 0 Å². The topological polar surface area (TPSA) is 66.2 Å². The number of nitrogens with two attached hydrogens (primary N) is 1. The van der Waals surface area contributed by atoms with E-state index in [0.717, 1.165) is 31.5 Å². The van der Waals surface area contributed by atoms with Gasteiger partial charge in [0.15, 0.2) is 0 Å². The fourth-order valence-corrected chi connectivity index (χ4v) is 2.32. The highest BCUT2D eigenvalue weighted by Crippen LogP contribution is 2.32. The van der Waals surface area contributed by atoms with Gasteiger partial charge in [-0.15, -0.1) is 0 Å². The van der Waals surface area contributed by atoms with Crippen LogP contribution in [0.15, 0.2) is 12.1 Å². The van der Waals surface area contributed by atoms with Crippen LogP contribution in [0.2, 0.25) is 0 Å². The van der Waals surface area contributed by atoms with Gasteiger partial charge < -0.3 is 15.6 Å². The highest BCUT2D eigenvalue weighted by atomic mass is 19.4. The number of rotatable bonds is 4. The molecule has 2 rings (SSSR count). The number of nitrogens with zero attached hydrogens (tertiary/aromatic N) is 2. The van der Waals surface area contributed by atoms with Gasteiger partial charge in [-0.25, -0.2) is 10.8 Å². The van der Waals surface area contributed by atoms with Crippen LogP contribution in [0.5, 0.6) is 0 Å². The largest absolute Gasteiger partial charge is 0.416 e. The van der Waals surface area contributed by atoms with Gasteiger partial charge in [0.25, 0.3) is 0 Å². The molecule has 2 heterocycles. The quantitative estimate of drug-likeness (QED) is 0.583. The molecule has 5 nitrogen and oxygen atoms in total. The average Bonchev–Trinajstić information content (AvgIpc) is 2.80. The van der Waals surface area contributed by atoms with E-state index in [1.54, 1.807) is 0 Å². The number of aromatic nitrogens is 1. The second-order valence-electron chi connectivity index (χ2n) is 4.93. The standard InChI is InChI=1S/C12H18F3N5/c1-20-4-2-3-9(20)7-17-10-5-8(12(13,14)15)6-11(18-10)19-16/h5-6,9H,2-4,7,16H2,1H3,(H2,17,18,19). The van der Waals surface area contributed by atoms with Crippen molar-refractivity contribution in [3.8, 4) is 0 Å². The summed E-state index contributed by atoms with van der Waals surface area (Å²) < 4.78 is 38.3. The van der Waals surface area contributed by atoms with E-state index in [-0.39, 0.29) is 11.6 Å². The van der Waals surface area contributed by atoms with E-state index in [1.807, 2.05) is 7.05 Å². The summed E-state index contributed by atoms with van der Waals surface area (Å²) >= 11 is 0. The Labute approximate surface area is 115 Å². The highest BCUT2D eigenvalue weighted by Gasteiger charge is 2.31. The van der Waals surface area contributed by atoms with Crippen molar-refractivity contribution in [2.45, 2.75) is 25.1 Å². The van der Waals surface area contributed by atoms with Crippen LogP contribution in [0, 0.1) is 0 Å². The van der Waals surface area contributed by atoms with E-state index >= 15 is 0 Å². The molecule has 1 aliphatic heterocycles. The summed E-state index contributed by atoms with van der Waals surface area (Å²) in [6.45, 7) is 1.58. The highest BCUT2D eigenvalue weighted by molar-refractivity contribution is 5.49. The minimum Gasteiger partial charge on any atom is -0.368 e. The summed E-state index contributed by atoms with van der Waals surface area (Å²) in [5.74, 6) is 5.32. The first-order chi connectivity index (χ1) is 9.40. The van der Waals surface area contributed by atoms with Crippen LogP contribution in [0.25, 0.3) is 0 Å². The van der Waals surface area contributed by atoms with Crippen molar-refractivity contribution in [2.24, 2.45) is 5.84 Å². The molecule has 8 heteroatoms. The van der Waals surface area contributed by atoms with E-state index in [2.05, 4.69) is 20.6 Å². The molecule has 0 aliphatic carbocycles. The molecule has 112 valence electrons. The average molecular weight is 289 g/mol. The van der Waals surface area contributed by atoms with Crippen molar-refractivity contribution >= 4 is 11.6 Å². The van der Waals surface area contributed by atoms with Gasteiger partial charge in [0.1, 0.15) is 11.6 Å². The Morgan fingerprint density at radius 3 is 2.65 bits per heavy atom. The maximum atomic E-state index is 12.8. The molecule has 0 radical (unpaired) electrons. The number of likely N-dealkylation sites (tertiary alicyclic amines) is 1. The molecule has 20 heavy (non-hydrogen) atoms. The fraction of sp³-hybridized carbons (Fsp3) is 0.583. The SMILES string of the molecule is CN1CCCC1CNc1cc(C(F)(F)F)cc(NN)n1. The van der Waals surface area contributed by atoms with E-state index < -0.39 is 11.7 Å². The van der Waals surface area contributed by atoms with Gasteiger partial charge in [-0.05, 0) is 38.6 Å². The lowest BCUT2D eigenvalue weighted by molar-refractivity contribution is -0.137. The van der Waals surface area contributed by atoms with Gasteiger partial charge in [0, 0.05) is 12.6 Å². The third-order valence-corrected chi connectivity index (χ3v) is 3.49. The zero-order chi connectivity index (χ0) is 14.8. The molecule has 0 saturated carbocycles. The lowest BCUT2D eigenvalue weighted by Gasteiger charge is -2.20. The van der Waals surface area contributed by atoms with Gasteiger partial charge in [-0.2, -0.15) is 13.2 Å². The Bertz CT molecular complexity index is 463. The number of nitrogens with one attached hydrogen (secondary N) is 2. The Balaban J connectivity index is 2.10. The van der Waals surface area contributed by atoms with Crippen molar-refractivity contribution in [3.05, 3.63) is 17.7 Å². The van der Waals surface area contributed by atoms with Crippen molar-refractivity contribution in [1.29, 1.82) is 0 Å². The van der Waals surface area contributed by atoms with Crippen LogP contribution in [-0.2, 0) is 6.18 Å². The zero-order valence-electron chi connectivity index (χ0n) is 11.2. The van der Waals surface area contributed by atoms with Crippen LogP contribution in [-0.4, -0.2) is 36.1 Å². The number of hydrazine groups is 1. The molecule has 0 aromatic carbocycles. The monoisotopic (exact) mass is 289 g/mol. The predicted molar refractivity (Wildman–Crippen MR) is 71.2 cm³/mol. The predicted octanol–water partition coefficient (Wildman–Crippen LogP) is 1.89. The third kappa shape index (κ3) is 3.51. The number of pyridine rings is 1. The normalized spacial score (nSPS) is 20.1. The van der Waals surface area contributed by atoms with Crippen LogP contribution >= 0.6 is 0 Å². The minimum atomic E-state index is -4.42. The summed E-state index contributed by atoms with van der Waals surface area (Å²) in [6.07, 6.45) is -2.28. The molecular formula is C12H18F3N5. The van der Waals surface area contributed by atoms with Crippen molar-refractivity contribution in [2.75, 3.05) is 30.9 Å². The maximum Gasteiger partial charge on any atom is 0.416 e. The molecule has 1 aromatic rings. The number of anilines is 2. The lowest BCUT2D eigenvalue weighted by atomic mass is 10.2. The molecule has 1 atom stereocenters. The van der Waals surface area contributed by atoms with Crippen molar-refractivity contribution < 1.29 is 13.2 Å². The van der Waals surface area contributed by atoms with Gasteiger partial charge in [-0.1, -0.05) is 0 Å². The van der Waals surface area contributed by atoms with Crippen molar-refractivity contribution in [3.63, 3.8) is 0 Å². The molecule has 1 aromatic heterocycles. The minimum absolute atomic E-state index is 0.0119. The van der Waals surface area contributed by atoms with Crippen LogP contribution in [0.1, 0.15) is 18.4 Å². The summed E-state index contributed by atoms with van der Waals surface area (Å²) in [7, 11) is 2.01. The van der Waals surface area contributed by atoms with E-state index in [4.69, 9.17) is 5.84 Å². The first-order valence-electron chi connectivity index (χ1n) is 6.40. The number of nitrogen functional groups attached to an aromatic ring is 1. The summed E-state index contributed by atoms with van der Waals surface area (Å²) in [5, 5.41) is 2.96. The fourth-order valence-electron chi connectivity index (χ4n) is 2.32. The maximum absolute atomic E-state index is 12.8. The van der Waals surface area contributed by atoms with Gasteiger partial charge in [0.2, 0.25) is 0 Å². The molecule has 1 aliphatic rings. The van der Waals surface area contributed by atoms with Gasteiger partial charge >= 0.3 is 6.18 Å². The molecule has 0 amide bonds. The second kappa shape index (κ2) is 5.84. The first kappa shape index (κ1) is 14.9. The first-order valence-corrected chi connectivity index (χ1v) is 6.40. The lowest BCUT2D eigenvalue weighted by Crippen LogP contribution is -2.31. The van der Waals surface area contributed by atoms with E-state index in [0.29, 0.717) is 12.6 Å². The molecule has 4 N–H and O–H groups in total.